The maximum Gasteiger partial charge on any atom is 0.168 e. The van der Waals surface area contributed by atoms with Crippen molar-refractivity contribution < 1.29 is 4.74 Å². The molecule has 22 heavy (non-hydrogen) atoms. The van der Waals surface area contributed by atoms with Gasteiger partial charge in [0.1, 0.15) is 18.2 Å². The number of nitrogens with zero attached hydrogens (tertiary/aromatic N) is 2. The van der Waals surface area contributed by atoms with Gasteiger partial charge in [-0.2, -0.15) is 0 Å². The molecule has 0 spiro atoms. The van der Waals surface area contributed by atoms with Gasteiger partial charge in [-0.3, -0.25) is 0 Å². The molecule has 0 bridgehead atoms. The van der Waals surface area contributed by atoms with E-state index in [1.165, 1.54) is 5.56 Å². The molecule has 1 aromatic carbocycles. The molecule has 1 aromatic heterocycles. The van der Waals surface area contributed by atoms with Crippen molar-refractivity contribution >= 4 is 5.82 Å². The first-order valence-electron chi connectivity index (χ1n) is 7.79. The molecule has 0 saturated carbocycles. The fraction of sp³-hybridized carbons (Fsp3) is 0.412. The Kier molecular flexibility index (Phi) is 4.53. The number of fused-ring (bicyclic) bond motifs is 1. The van der Waals surface area contributed by atoms with Crippen molar-refractivity contribution in [3.63, 3.8) is 0 Å². The van der Waals surface area contributed by atoms with Gasteiger partial charge in [0.15, 0.2) is 5.82 Å². The van der Waals surface area contributed by atoms with E-state index in [0.717, 1.165) is 54.5 Å². The van der Waals surface area contributed by atoms with Crippen molar-refractivity contribution in [2.24, 2.45) is 5.73 Å². The van der Waals surface area contributed by atoms with E-state index in [1.807, 2.05) is 31.2 Å². The maximum absolute atomic E-state index is 5.86. The standard InChI is InChI=1S/C17H22N4O/c1-12-5-2-3-8-15(12)22-11-16-20-14-7-4-6-13(14)17(21-16)19-10-9-18/h2-3,5,8H,4,6-7,9-11,18H2,1H3,(H,19,20,21). The Hall–Kier alpha value is -2.14. The summed E-state index contributed by atoms with van der Waals surface area (Å²) in [5, 5.41) is 3.31. The summed E-state index contributed by atoms with van der Waals surface area (Å²) < 4.78 is 5.86. The van der Waals surface area contributed by atoms with Crippen LogP contribution in [0.1, 0.15) is 29.1 Å². The predicted molar refractivity (Wildman–Crippen MR) is 87.1 cm³/mol. The van der Waals surface area contributed by atoms with E-state index < -0.39 is 0 Å². The summed E-state index contributed by atoms with van der Waals surface area (Å²) in [6.45, 7) is 3.73. The smallest absolute Gasteiger partial charge is 0.168 e. The van der Waals surface area contributed by atoms with E-state index in [1.54, 1.807) is 0 Å². The molecule has 1 heterocycles. The average Bonchev–Trinajstić information content (AvgIpc) is 3.00. The van der Waals surface area contributed by atoms with Gasteiger partial charge in [0.05, 0.1) is 0 Å². The average molecular weight is 298 g/mol. The Morgan fingerprint density at radius 3 is 2.91 bits per heavy atom. The number of benzene rings is 1. The monoisotopic (exact) mass is 298 g/mol. The highest BCUT2D eigenvalue weighted by Gasteiger charge is 2.19. The van der Waals surface area contributed by atoms with Crippen LogP contribution in [0.25, 0.3) is 0 Å². The molecular formula is C17H22N4O. The Labute approximate surface area is 130 Å². The molecule has 0 radical (unpaired) electrons. The fourth-order valence-electron chi connectivity index (χ4n) is 2.75. The molecule has 3 rings (SSSR count). The quantitative estimate of drug-likeness (QED) is 0.855. The van der Waals surface area contributed by atoms with Gasteiger partial charge in [0.25, 0.3) is 0 Å². The number of aryl methyl sites for hydroxylation is 2. The van der Waals surface area contributed by atoms with Crippen LogP contribution in [0.4, 0.5) is 5.82 Å². The highest BCUT2D eigenvalue weighted by Crippen LogP contribution is 2.26. The van der Waals surface area contributed by atoms with Gasteiger partial charge in [-0.15, -0.1) is 0 Å². The molecule has 0 fully saturated rings. The number of hydrogen-bond acceptors (Lipinski definition) is 5. The van der Waals surface area contributed by atoms with Gasteiger partial charge in [0.2, 0.25) is 0 Å². The van der Waals surface area contributed by atoms with Crippen LogP contribution < -0.4 is 15.8 Å². The van der Waals surface area contributed by atoms with Crippen molar-refractivity contribution in [1.29, 1.82) is 0 Å². The molecule has 3 N–H and O–H groups in total. The molecular weight excluding hydrogens is 276 g/mol. The molecule has 0 amide bonds. The zero-order valence-electron chi connectivity index (χ0n) is 12.9. The van der Waals surface area contributed by atoms with E-state index >= 15 is 0 Å². The lowest BCUT2D eigenvalue weighted by atomic mass is 10.2. The number of hydrogen-bond donors (Lipinski definition) is 2. The first-order valence-corrected chi connectivity index (χ1v) is 7.79. The van der Waals surface area contributed by atoms with Crippen LogP contribution in [0.3, 0.4) is 0 Å². The molecule has 0 saturated heterocycles. The molecule has 0 aliphatic heterocycles. The minimum atomic E-state index is 0.384. The number of anilines is 1. The topological polar surface area (TPSA) is 73.1 Å². The van der Waals surface area contributed by atoms with Gasteiger partial charge in [-0.25, -0.2) is 9.97 Å². The van der Waals surface area contributed by atoms with E-state index in [4.69, 9.17) is 10.5 Å². The van der Waals surface area contributed by atoms with Crippen molar-refractivity contribution in [2.75, 3.05) is 18.4 Å². The Balaban J connectivity index is 1.77. The zero-order chi connectivity index (χ0) is 15.4. The van der Waals surface area contributed by atoms with Crippen molar-refractivity contribution in [2.45, 2.75) is 32.8 Å². The van der Waals surface area contributed by atoms with Crippen LogP contribution in [0.15, 0.2) is 24.3 Å². The number of nitrogens with two attached hydrogens (primary N) is 1. The first-order chi connectivity index (χ1) is 10.8. The van der Waals surface area contributed by atoms with Gasteiger partial charge in [-0.05, 0) is 37.8 Å². The van der Waals surface area contributed by atoms with Gasteiger partial charge >= 0.3 is 0 Å². The number of ether oxygens (including phenoxy) is 1. The minimum Gasteiger partial charge on any atom is -0.485 e. The molecule has 2 aromatic rings. The Bertz CT molecular complexity index is 657. The van der Waals surface area contributed by atoms with Crippen LogP contribution in [-0.4, -0.2) is 23.1 Å². The van der Waals surface area contributed by atoms with Crippen LogP contribution in [0.2, 0.25) is 0 Å². The van der Waals surface area contributed by atoms with Gasteiger partial charge in [0, 0.05) is 24.3 Å². The summed E-state index contributed by atoms with van der Waals surface area (Å²) in [4.78, 5) is 9.28. The molecule has 1 aliphatic rings. The second-order valence-electron chi connectivity index (χ2n) is 5.54. The van der Waals surface area contributed by atoms with Crippen LogP contribution in [0.5, 0.6) is 5.75 Å². The second-order valence-corrected chi connectivity index (χ2v) is 5.54. The van der Waals surface area contributed by atoms with Gasteiger partial charge < -0.3 is 15.8 Å². The largest absolute Gasteiger partial charge is 0.485 e. The van der Waals surface area contributed by atoms with Crippen LogP contribution in [0, 0.1) is 6.92 Å². The number of aromatic nitrogens is 2. The highest BCUT2D eigenvalue weighted by atomic mass is 16.5. The molecule has 5 heteroatoms. The molecule has 1 aliphatic carbocycles. The number of nitrogens with one attached hydrogen (secondary N) is 1. The van der Waals surface area contributed by atoms with Crippen molar-refractivity contribution in [3.05, 3.63) is 46.9 Å². The number of para-hydroxylation sites is 1. The SMILES string of the molecule is Cc1ccccc1OCc1nc2c(c(NCCN)n1)CCC2. The zero-order valence-corrected chi connectivity index (χ0v) is 12.9. The van der Waals surface area contributed by atoms with E-state index in [2.05, 4.69) is 15.3 Å². The lowest BCUT2D eigenvalue weighted by Gasteiger charge is -2.13. The van der Waals surface area contributed by atoms with Crippen LogP contribution in [-0.2, 0) is 19.4 Å². The normalized spacial score (nSPS) is 13.0. The molecule has 5 nitrogen and oxygen atoms in total. The lowest BCUT2D eigenvalue weighted by Crippen LogP contribution is -2.17. The third-order valence-corrected chi connectivity index (χ3v) is 3.87. The highest BCUT2D eigenvalue weighted by molar-refractivity contribution is 5.48. The summed E-state index contributed by atoms with van der Waals surface area (Å²) in [7, 11) is 0. The third-order valence-electron chi connectivity index (χ3n) is 3.87. The predicted octanol–water partition coefficient (Wildman–Crippen LogP) is 2.22. The van der Waals surface area contributed by atoms with Gasteiger partial charge in [-0.1, -0.05) is 18.2 Å². The third kappa shape index (κ3) is 3.20. The Morgan fingerprint density at radius 2 is 2.09 bits per heavy atom. The maximum atomic E-state index is 5.86. The first kappa shape index (κ1) is 14.8. The second kappa shape index (κ2) is 6.75. The summed E-state index contributed by atoms with van der Waals surface area (Å²) in [5.74, 6) is 2.53. The molecule has 0 atom stereocenters. The van der Waals surface area contributed by atoms with Crippen molar-refractivity contribution in [3.8, 4) is 5.75 Å². The Morgan fingerprint density at radius 1 is 1.23 bits per heavy atom. The summed E-state index contributed by atoms with van der Waals surface area (Å²) in [6.07, 6.45) is 3.21. The fourth-order valence-corrected chi connectivity index (χ4v) is 2.75. The summed E-state index contributed by atoms with van der Waals surface area (Å²) in [5.41, 5.74) is 9.09. The van der Waals surface area contributed by atoms with Crippen molar-refractivity contribution in [1.82, 2.24) is 9.97 Å². The van der Waals surface area contributed by atoms with Crippen LogP contribution >= 0.6 is 0 Å². The van der Waals surface area contributed by atoms with E-state index in [0.29, 0.717) is 13.2 Å². The summed E-state index contributed by atoms with van der Waals surface area (Å²) >= 11 is 0. The van der Waals surface area contributed by atoms with E-state index in [-0.39, 0.29) is 0 Å². The number of rotatable bonds is 6. The van der Waals surface area contributed by atoms with E-state index in [9.17, 15) is 0 Å². The lowest BCUT2D eigenvalue weighted by molar-refractivity contribution is 0.293. The minimum absolute atomic E-state index is 0.384. The molecule has 116 valence electrons. The summed E-state index contributed by atoms with van der Waals surface area (Å²) in [6, 6.07) is 7.98. The molecule has 0 unspecified atom stereocenters.